The van der Waals surface area contributed by atoms with Gasteiger partial charge in [-0.3, -0.25) is 15.4 Å². The second kappa shape index (κ2) is 9.72. The Balaban J connectivity index is 1.61. The number of nitrogens with zero attached hydrogens (tertiary/aromatic N) is 3. The molecule has 0 atom stereocenters. The van der Waals surface area contributed by atoms with Gasteiger partial charge in [0, 0.05) is 35.1 Å². The monoisotopic (exact) mass is 433 g/mol. The highest BCUT2D eigenvalue weighted by Gasteiger charge is 2.20. The maximum absolute atomic E-state index is 12.3. The van der Waals surface area contributed by atoms with Crippen molar-refractivity contribution in [3.8, 4) is 11.8 Å². The van der Waals surface area contributed by atoms with E-state index in [-0.39, 0.29) is 23.8 Å². The van der Waals surface area contributed by atoms with Crippen LogP contribution >= 0.6 is 0 Å². The van der Waals surface area contributed by atoms with Crippen LogP contribution in [0.4, 0.5) is 22.2 Å². The Morgan fingerprint density at radius 3 is 2.41 bits per heavy atom. The van der Waals surface area contributed by atoms with Crippen LogP contribution in [0.1, 0.15) is 37.7 Å². The second-order valence-electron chi connectivity index (χ2n) is 7.78. The molecule has 1 aromatic carbocycles. The summed E-state index contributed by atoms with van der Waals surface area (Å²) in [6, 6.07) is 8.29. The summed E-state index contributed by atoms with van der Waals surface area (Å²) in [6.45, 7) is 5.82. The van der Waals surface area contributed by atoms with E-state index in [2.05, 4.69) is 42.9 Å². The molecule has 3 amide bonds. The number of carbonyl (C=O) groups excluding carboxylic acids is 2. The topological polar surface area (TPSA) is 148 Å². The van der Waals surface area contributed by atoms with Gasteiger partial charge >= 0.3 is 6.03 Å². The summed E-state index contributed by atoms with van der Waals surface area (Å²) in [4.78, 5) is 31.5. The van der Waals surface area contributed by atoms with Crippen LogP contribution in [-0.2, 0) is 10.2 Å². The maximum atomic E-state index is 12.3. The van der Waals surface area contributed by atoms with Crippen molar-refractivity contribution in [2.45, 2.75) is 26.2 Å². The molecule has 0 saturated carbocycles. The fourth-order valence-corrected chi connectivity index (χ4v) is 2.42. The van der Waals surface area contributed by atoms with E-state index in [1.807, 2.05) is 20.8 Å². The molecule has 0 saturated heterocycles. The SMILES string of the molecule is CC(C)(C)c1cc(NC(=O)Nc2cccc(C#Cc3cnc(NC(=O)CN)nc3)c2)no1. The standard InChI is InChI=1S/C22H23N7O3/c1-22(2,3)17-10-18(29-32-17)27-21(31)26-16-6-4-5-14(9-16)7-8-15-12-24-20(25-13-15)28-19(30)11-23/h4-6,9-10,12-13H,11,23H2,1-3H3,(H,24,25,28,30)(H2,26,27,29,31). The summed E-state index contributed by atoms with van der Waals surface area (Å²) in [6.07, 6.45) is 2.98. The normalized spacial score (nSPS) is 10.6. The first-order chi connectivity index (χ1) is 15.2. The Morgan fingerprint density at radius 1 is 1.03 bits per heavy atom. The first kappa shape index (κ1) is 22.5. The van der Waals surface area contributed by atoms with Crippen LogP contribution in [0.15, 0.2) is 47.2 Å². The van der Waals surface area contributed by atoms with Gasteiger partial charge < -0.3 is 15.6 Å². The Labute approximate surface area is 185 Å². The van der Waals surface area contributed by atoms with E-state index in [1.54, 1.807) is 30.3 Å². The molecule has 0 radical (unpaired) electrons. The molecule has 3 rings (SSSR count). The van der Waals surface area contributed by atoms with Crippen molar-refractivity contribution in [2.24, 2.45) is 5.73 Å². The van der Waals surface area contributed by atoms with E-state index in [9.17, 15) is 9.59 Å². The molecule has 5 N–H and O–H groups in total. The number of rotatable bonds is 4. The Kier molecular flexibility index (Phi) is 6.82. The lowest BCUT2D eigenvalue weighted by atomic mass is 9.93. The number of benzene rings is 1. The van der Waals surface area contributed by atoms with Gasteiger partial charge in [0.2, 0.25) is 11.9 Å². The Bertz CT molecular complexity index is 1170. The third-order valence-corrected chi connectivity index (χ3v) is 4.05. The van der Waals surface area contributed by atoms with E-state index in [0.29, 0.717) is 28.4 Å². The van der Waals surface area contributed by atoms with E-state index in [4.69, 9.17) is 10.3 Å². The number of anilines is 3. The summed E-state index contributed by atoms with van der Waals surface area (Å²) in [5.74, 6) is 6.69. The third kappa shape index (κ3) is 6.38. The van der Waals surface area contributed by atoms with Crippen molar-refractivity contribution >= 4 is 29.4 Å². The van der Waals surface area contributed by atoms with Gasteiger partial charge in [-0.2, -0.15) is 0 Å². The van der Waals surface area contributed by atoms with Crippen LogP contribution in [0.5, 0.6) is 0 Å². The summed E-state index contributed by atoms with van der Waals surface area (Å²) in [5, 5.41) is 11.7. The minimum absolute atomic E-state index is 0.149. The molecular formula is C22H23N7O3. The molecule has 0 aliphatic carbocycles. The molecule has 0 spiro atoms. The highest BCUT2D eigenvalue weighted by Crippen LogP contribution is 2.24. The largest absolute Gasteiger partial charge is 0.359 e. The maximum Gasteiger partial charge on any atom is 0.324 e. The van der Waals surface area contributed by atoms with Crippen molar-refractivity contribution in [3.05, 3.63) is 59.6 Å². The number of amides is 3. The summed E-state index contributed by atoms with van der Waals surface area (Å²) in [5.41, 5.74) is 6.83. The zero-order valence-electron chi connectivity index (χ0n) is 17.9. The highest BCUT2D eigenvalue weighted by molar-refractivity contribution is 5.99. The van der Waals surface area contributed by atoms with Crippen molar-refractivity contribution in [1.82, 2.24) is 15.1 Å². The fraction of sp³-hybridized carbons (Fsp3) is 0.227. The average Bonchev–Trinajstić information content (AvgIpc) is 3.22. The first-order valence-corrected chi connectivity index (χ1v) is 9.72. The van der Waals surface area contributed by atoms with Gasteiger partial charge in [0.15, 0.2) is 5.82 Å². The van der Waals surface area contributed by atoms with Gasteiger partial charge in [0.1, 0.15) is 5.76 Å². The minimum atomic E-state index is -0.451. The molecule has 0 bridgehead atoms. The third-order valence-electron chi connectivity index (χ3n) is 4.05. The van der Waals surface area contributed by atoms with Crippen molar-refractivity contribution < 1.29 is 14.1 Å². The molecule has 0 aliphatic heterocycles. The number of hydrogen-bond donors (Lipinski definition) is 4. The van der Waals surface area contributed by atoms with Crippen LogP contribution in [0, 0.1) is 11.8 Å². The average molecular weight is 433 g/mol. The van der Waals surface area contributed by atoms with Crippen LogP contribution in [0.2, 0.25) is 0 Å². The molecule has 0 fully saturated rings. The summed E-state index contributed by atoms with van der Waals surface area (Å²) in [7, 11) is 0. The molecular weight excluding hydrogens is 410 g/mol. The van der Waals surface area contributed by atoms with Gasteiger partial charge in [-0.15, -0.1) is 0 Å². The van der Waals surface area contributed by atoms with Crippen molar-refractivity contribution in [1.29, 1.82) is 0 Å². The lowest BCUT2D eigenvalue weighted by Crippen LogP contribution is -2.22. The molecule has 10 heteroatoms. The van der Waals surface area contributed by atoms with Gasteiger partial charge in [-0.1, -0.05) is 43.8 Å². The van der Waals surface area contributed by atoms with Crippen LogP contribution in [0.3, 0.4) is 0 Å². The summed E-state index contributed by atoms with van der Waals surface area (Å²) < 4.78 is 5.26. The van der Waals surface area contributed by atoms with E-state index < -0.39 is 6.03 Å². The number of nitrogens with one attached hydrogen (secondary N) is 3. The molecule has 0 aliphatic rings. The molecule has 32 heavy (non-hydrogen) atoms. The van der Waals surface area contributed by atoms with E-state index >= 15 is 0 Å². The number of nitrogens with two attached hydrogens (primary N) is 1. The number of urea groups is 1. The quantitative estimate of drug-likeness (QED) is 0.462. The lowest BCUT2D eigenvalue weighted by Gasteiger charge is -2.12. The smallest absolute Gasteiger partial charge is 0.324 e. The summed E-state index contributed by atoms with van der Waals surface area (Å²) >= 11 is 0. The zero-order valence-corrected chi connectivity index (χ0v) is 17.9. The number of hydrogen-bond acceptors (Lipinski definition) is 7. The van der Waals surface area contributed by atoms with E-state index in [0.717, 1.165) is 0 Å². The number of aromatic nitrogens is 3. The van der Waals surface area contributed by atoms with Gasteiger partial charge in [0.25, 0.3) is 0 Å². The molecule has 164 valence electrons. The molecule has 2 aromatic heterocycles. The van der Waals surface area contributed by atoms with Gasteiger partial charge in [-0.05, 0) is 18.2 Å². The van der Waals surface area contributed by atoms with Crippen LogP contribution in [-0.4, -0.2) is 33.6 Å². The predicted molar refractivity (Wildman–Crippen MR) is 120 cm³/mol. The van der Waals surface area contributed by atoms with Crippen LogP contribution in [0.25, 0.3) is 0 Å². The molecule has 0 unspecified atom stereocenters. The molecule has 10 nitrogen and oxygen atoms in total. The lowest BCUT2D eigenvalue weighted by molar-refractivity contribution is -0.114. The first-order valence-electron chi connectivity index (χ1n) is 9.72. The van der Waals surface area contributed by atoms with Gasteiger partial charge in [0.05, 0.1) is 12.1 Å². The minimum Gasteiger partial charge on any atom is -0.359 e. The van der Waals surface area contributed by atoms with Crippen LogP contribution < -0.4 is 21.7 Å². The number of carbonyl (C=O) groups is 2. The zero-order chi connectivity index (χ0) is 23.1. The molecule has 2 heterocycles. The highest BCUT2D eigenvalue weighted by atomic mass is 16.5. The van der Waals surface area contributed by atoms with Crippen molar-refractivity contribution in [2.75, 3.05) is 22.5 Å². The Hall–Kier alpha value is -4.23. The Morgan fingerprint density at radius 2 is 1.75 bits per heavy atom. The van der Waals surface area contributed by atoms with Crippen molar-refractivity contribution in [3.63, 3.8) is 0 Å². The second-order valence-corrected chi connectivity index (χ2v) is 7.78. The van der Waals surface area contributed by atoms with E-state index in [1.165, 1.54) is 12.4 Å². The molecule has 3 aromatic rings. The predicted octanol–water partition coefficient (Wildman–Crippen LogP) is 2.70. The fourth-order valence-electron chi connectivity index (χ4n) is 2.42. The van der Waals surface area contributed by atoms with Gasteiger partial charge in [-0.25, -0.2) is 14.8 Å².